The maximum absolute atomic E-state index is 12.0. The summed E-state index contributed by atoms with van der Waals surface area (Å²) < 4.78 is 31.0. The van der Waals surface area contributed by atoms with E-state index in [-0.39, 0.29) is 11.8 Å². The Hall–Kier alpha value is -1.44. The molecule has 1 fully saturated rings. The molecule has 1 aromatic carbocycles. The zero-order valence-corrected chi connectivity index (χ0v) is 11.9. The summed E-state index contributed by atoms with van der Waals surface area (Å²) in [6.07, 6.45) is 0.480. The van der Waals surface area contributed by atoms with E-state index in [2.05, 4.69) is 9.46 Å². The number of methoxy groups -OCH3 is 1. The molecular weight excluding hydrogens is 282 g/mol. The molecule has 0 aromatic heterocycles. The Bertz CT molecular complexity index is 593. The molecule has 1 aliphatic carbocycles. The zero-order chi connectivity index (χ0) is 14.8. The lowest BCUT2D eigenvalue weighted by molar-refractivity contribution is 0.0600. The normalized spacial score (nSPS) is 22.1. The average Bonchev–Trinajstić information content (AvgIpc) is 2.35. The van der Waals surface area contributed by atoms with Gasteiger partial charge in [-0.2, -0.15) is 0 Å². The summed E-state index contributed by atoms with van der Waals surface area (Å²) in [5.74, 6) is -0.705. The van der Waals surface area contributed by atoms with Gasteiger partial charge < -0.3 is 9.84 Å². The number of sulfonamides is 1. The number of hydrogen-bond donors (Lipinski definition) is 2. The van der Waals surface area contributed by atoms with Crippen LogP contribution in [0.2, 0.25) is 0 Å². The van der Waals surface area contributed by atoms with Gasteiger partial charge in [-0.15, -0.1) is 0 Å². The van der Waals surface area contributed by atoms with E-state index in [9.17, 15) is 13.2 Å². The van der Waals surface area contributed by atoms with Gasteiger partial charge in [-0.3, -0.25) is 0 Å². The molecule has 0 atom stereocenters. The third-order valence-electron chi connectivity index (χ3n) is 3.16. The molecule has 20 heavy (non-hydrogen) atoms. The highest BCUT2D eigenvalue weighted by molar-refractivity contribution is 7.88. The molecule has 6 nitrogen and oxygen atoms in total. The number of ether oxygens (including phenoxy) is 1. The predicted octanol–water partition coefficient (Wildman–Crippen LogP) is 0.416. The first kappa shape index (κ1) is 15.0. The summed E-state index contributed by atoms with van der Waals surface area (Å²) in [5.41, 5.74) is 0.833. The molecule has 0 bridgehead atoms. The lowest BCUT2D eigenvalue weighted by atomic mass is 9.91. The fourth-order valence-corrected chi connectivity index (χ4v) is 3.51. The summed E-state index contributed by atoms with van der Waals surface area (Å²) >= 11 is 0. The second kappa shape index (κ2) is 5.90. The highest BCUT2D eigenvalue weighted by atomic mass is 32.2. The summed E-state index contributed by atoms with van der Waals surface area (Å²) in [7, 11) is -2.21. The molecule has 1 saturated carbocycles. The van der Waals surface area contributed by atoms with Gasteiger partial charge in [0.2, 0.25) is 10.0 Å². The van der Waals surface area contributed by atoms with Crippen molar-refractivity contribution >= 4 is 16.0 Å². The number of rotatable bonds is 5. The van der Waals surface area contributed by atoms with E-state index < -0.39 is 22.1 Å². The smallest absolute Gasteiger partial charge is 0.337 e. The van der Waals surface area contributed by atoms with Gasteiger partial charge in [0.15, 0.2) is 0 Å². The lowest BCUT2D eigenvalue weighted by Crippen LogP contribution is -2.46. The number of nitrogens with one attached hydrogen (secondary N) is 1. The van der Waals surface area contributed by atoms with Crippen LogP contribution in [0.5, 0.6) is 0 Å². The standard InChI is InChI=1S/C13H17NO5S/c1-19-13(16)10-4-2-3-9(5-10)8-20(17,18)14-11-6-12(15)7-11/h2-5,11-12,14-15H,6-8H2,1H3. The van der Waals surface area contributed by atoms with Crippen molar-refractivity contribution < 1.29 is 23.1 Å². The first-order valence-corrected chi connectivity index (χ1v) is 7.90. The van der Waals surface area contributed by atoms with Crippen molar-refractivity contribution in [2.24, 2.45) is 0 Å². The molecule has 7 heteroatoms. The SMILES string of the molecule is COC(=O)c1cccc(CS(=O)(=O)NC2CC(O)C2)c1. The quantitative estimate of drug-likeness (QED) is 0.769. The van der Waals surface area contributed by atoms with Crippen molar-refractivity contribution in [1.29, 1.82) is 0 Å². The molecule has 0 heterocycles. The van der Waals surface area contributed by atoms with Gasteiger partial charge in [-0.1, -0.05) is 12.1 Å². The van der Waals surface area contributed by atoms with Crippen molar-refractivity contribution in [2.45, 2.75) is 30.7 Å². The molecule has 0 unspecified atom stereocenters. The van der Waals surface area contributed by atoms with Gasteiger partial charge in [0.1, 0.15) is 0 Å². The first-order chi connectivity index (χ1) is 9.39. The molecular formula is C13H17NO5S. The Morgan fingerprint density at radius 1 is 1.45 bits per heavy atom. The van der Waals surface area contributed by atoms with Gasteiger partial charge >= 0.3 is 5.97 Å². The fourth-order valence-electron chi connectivity index (χ4n) is 2.10. The Labute approximate surface area is 117 Å². The van der Waals surface area contributed by atoms with E-state index in [1.54, 1.807) is 18.2 Å². The highest BCUT2D eigenvalue weighted by Crippen LogP contribution is 2.21. The highest BCUT2D eigenvalue weighted by Gasteiger charge is 2.30. The minimum atomic E-state index is -3.48. The van der Waals surface area contributed by atoms with Crippen LogP contribution in [-0.2, 0) is 20.5 Å². The zero-order valence-electron chi connectivity index (χ0n) is 11.1. The van der Waals surface area contributed by atoms with Gasteiger partial charge in [0.05, 0.1) is 24.5 Å². The molecule has 1 aromatic rings. The predicted molar refractivity (Wildman–Crippen MR) is 72.6 cm³/mol. The van der Waals surface area contributed by atoms with Gasteiger partial charge in [0, 0.05) is 6.04 Å². The van der Waals surface area contributed by atoms with E-state index in [0.717, 1.165) is 0 Å². The Morgan fingerprint density at radius 3 is 2.75 bits per heavy atom. The molecule has 0 saturated heterocycles. The third-order valence-corrected chi connectivity index (χ3v) is 4.57. The fraction of sp³-hybridized carbons (Fsp3) is 0.462. The summed E-state index contributed by atoms with van der Waals surface area (Å²) in [6.45, 7) is 0. The molecule has 2 N–H and O–H groups in total. The average molecular weight is 299 g/mol. The molecule has 0 spiro atoms. The van der Waals surface area contributed by atoms with Crippen LogP contribution in [0.1, 0.15) is 28.8 Å². The van der Waals surface area contributed by atoms with Crippen LogP contribution >= 0.6 is 0 Å². The maximum Gasteiger partial charge on any atom is 0.337 e. The maximum atomic E-state index is 12.0. The Kier molecular flexibility index (Phi) is 4.42. The molecule has 0 amide bonds. The number of carbonyl (C=O) groups is 1. The van der Waals surface area contributed by atoms with Crippen LogP contribution < -0.4 is 4.72 Å². The molecule has 2 rings (SSSR count). The van der Waals surface area contributed by atoms with Crippen LogP contribution in [0.3, 0.4) is 0 Å². The number of aliphatic hydroxyl groups is 1. The number of carbonyl (C=O) groups excluding carboxylic acids is 1. The topological polar surface area (TPSA) is 92.7 Å². The third kappa shape index (κ3) is 3.78. The van der Waals surface area contributed by atoms with Gasteiger partial charge in [-0.25, -0.2) is 17.9 Å². The second-order valence-corrected chi connectivity index (χ2v) is 6.64. The largest absolute Gasteiger partial charge is 0.465 e. The van der Waals surface area contributed by atoms with Crippen molar-refractivity contribution in [3.63, 3.8) is 0 Å². The summed E-state index contributed by atoms with van der Waals surface area (Å²) in [6, 6.07) is 6.13. The molecule has 0 radical (unpaired) electrons. The van der Waals surface area contributed by atoms with Crippen LogP contribution in [0.25, 0.3) is 0 Å². The van der Waals surface area contributed by atoms with E-state index in [1.807, 2.05) is 0 Å². The Morgan fingerprint density at radius 2 is 2.15 bits per heavy atom. The van der Waals surface area contributed by atoms with Crippen LogP contribution in [-0.4, -0.2) is 38.7 Å². The lowest BCUT2D eigenvalue weighted by Gasteiger charge is -2.31. The number of hydrogen-bond acceptors (Lipinski definition) is 5. The number of benzene rings is 1. The van der Waals surface area contributed by atoms with Crippen molar-refractivity contribution in [3.8, 4) is 0 Å². The van der Waals surface area contributed by atoms with Gasteiger partial charge in [0.25, 0.3) is 0 Å². The van der Waals surface area contributed by atoms with E-state index in [1.165, 1.54) is 13.2 Å². The summed E-state index contributed by atoms with van der Waals surface area (Å²) in [5, 5.41) is 9.14. The first-order valence-electron chi connectivity index (χ1n) is 6.25. The molecule has 1 aliphatic rings. The van der Waals surface area contributed by atoms with E-state index in [0.29, 0.717) is 24.0 Å². The molecule has 0 aliphatic heterocycles. The van der Waals surface area contributed by atoms with E-state index >= 15 is 0 Å². The minimum absolute atomic E-state index is 0.196. The molecule has 110 valence electrons. The number of aliphatic hydroxyl groups excluding tert-OH is 1. The van der Waals surface area contributed by atoms with Crippen LogP contribution in [0, 0.1) is 0 Å². The van der Waals surface area contributed by atoms with Crippen molar-refractivity contribution in [3.05, 3.63) is 35.4 Å². The van der Waals surface area contributed by atoms with Gasteiger partial charge in [-0.05, 0) is 30.5 Å². The monoisotopic (exact) mass is 299 g/mol. The summed E-state index contributed by atoms with van der Waals surface area (Å²) in [4.78, 5) is 11.4. The number of esters is 1. The van der Waals surface area contributed by atoms with Crippen LogP contribution in [0.4, 0.5) is 0 Å². The second-order valence-electron chi connectivity index (χ2n) is 4.89. The van der Waals surface area contributed by atoms with E-state index in [4.69, 9.17) is 5.11 Å². The van der Waals surface area contributed by atoms with Crippen molar-refractivity contribution in [1.82, 2.24) is 4.72 Å². The minimum Gasteiger partial charge on any atom is -0.465 e. The van der Waals surface area contributed by atoms with Crippen LogP contribution in [0.15, 0.2) is 24.3 Å². The van der Waals surface area contributed by atoms with Crippen molar-refractivity contribution in [2.75, 3.05) is 7.11 Å². The Balaban J connectivity index is 2.03.